The van der Waals surface area contributed by atoms with Crippen LogP contribution in [0.4, 0.5) is 0 Å². The molecule has 1 atom stereocenters. The molecule has 104 valence electrons. The molecule has 1 amide bonds. The number of nitrogens with one attached hydrogen (secondary N) is 1. The number of hydrogen-bond donors (Lipinski definition) is 1. The number of amides is 1. The third kappa shape index (κ3) is 3.37. The minimum atomic E-state index is 0.131. The molecule has 1 aromatic rings. The Bertz CT molecular complexity index is 455. The van der Waals surface area contributed by atoms with Crippen LogP contribution in [0, 0.1) is 6.92 Å². The first-order chi connectivity index (χ1) is 9.13. The van der Waals surface area contributed by atoms with E-state index in [0.717, 1.165) is 48.1 Å². The van der Waals surface area contributed by atoms with Gasteiger partial charge in [-0.15, -0.1) is 0 Å². The molecule has 4 heteroatoms. The Balaban J connectivity index is 2.22. The fourth-order valence-electron chi connectivity index (χ4n) is 2.62. The van der Waals surface area contributed by atoms with Crippen LogP contribution in [0.25, 0.3) is 0 Å². The van der Waals surface area contributed by atoms with Gasteiger partial charge in [-0.3, -0.25) is 4.79 Å². The van der Waals surface area contributed by atoms with Crippen LogP contribution in [-0.2, 0) is 0 Å². The predicted molar refractivity (Wildman–Crippen MR) is 81.5 cm³/mol. The lowest BCUT2D eigenvalue weighted by molar-refractivity contribution is 0.0661. The Labute approximate surface area is 123 Å². The predicted octanol–water partition coefficient (Wildman–Crippen LogP) is 2.97. The first-order valence-corrected chi connectivity index (χ1v) is 7.70. The molecule has 19 heavy (non-hydrogen) atoms. The molecule has 1 aliphatic rings. The van der Waals surface area contributed by atoms with E-state index in [1.807, 2.05) is 30.0 Å². The maximum Gasteiger partial charge on any atom is 0.255 e. The molecular weight excluding hydrogens is 304 g/mol. The molecule has 0 saturated carbocycles. The molecule has 0 radical (unpaired) electrons. The van der Waals surface area contributed by atoms with Gasteiger partial charge in [0, 0.05) is 23.6 Å². The average Bonchev–Trinajstić information content (AvgIpc) is 2.43. The van der Waals surface area contributed by atoms with Crippen LogP contribution in [0.5, 0.6) is 0 Å². The first-order valence-electron chi connectivity index (χ1n) is 6.91. The molecule has 0 aromatic heterocycles. The van der Waals surface area contributed by atoms with E-state index in [-0.39, 0.29) is 5.91 Å². The zero-order valence-corrected chi connectivity index (χ0v) is 13.2. The second kappa shape index (κ2) is 6.53. The van der Waals surface area contributed by atoms with Gasteiger partial charge in [-0.1, -0.05) is 11.6 Å². The van der Waals surface area contributed by atoms with Gasteiger partial charge in [0.05, 0.1) is 5.56 Å². The number of halogens is 1. The number of aryl methyl sites for hydroxylation is 1. The van der Waals surface area contributed by atoms with Crippen molar-refractivity contribution in [3.05, 3.63) is 33.8 Å². The van der Waals surface area contributed by atoms with Gasteiger partial charge in [0.25, 0.3) is 5.91 Å². The molecule has 2 rings (SSSR count). The summed E-state index contributed by atoms with van der Waals surface area (Å²) < 4.78 is 0.880. The SMILES string of the molecule is CCN(C(=O)c1cc(C)ccc1Br)C1CCCNC1. The van der Waals surface area contributed by atoms with Crippen molar-refractivity contribution in [3.8, 4) is 0 Å². The summed E-state index contributed by atoms with van der Waals surface area (Å²) in [6.07, 6.45) is 2.24. The standard InChI is InChI=1S/C15H21BrN2O/c1-3-18(12-5-4-8-17-10-12)15(19)13-9-11(2)6-7-14(13)16/h6-7,9,12,17H,3-5,8,10H2,1-2H3. The van der Waals surface area contributed by atoms with Crippen LogP contribution in [0.15, 0.2) is 22.7 Å². The van der Waals surface area contributed by atoms with Crippen LogP contribution in [0.1, 0.15) is 35.7 Å². The van der Waals surface area contributed by atoms with E-state index in [4.69, 9.17) is 0 Å². The van der Waals surface area contributed by atoms with Gasteiger partial charge in [-0.25, -0.2) is 0 Å². The number of piperidine rings is 1. The number of rotatable bonds is 3. The molecule has 0 spiro atoms. The summed E-state index contributed by atoms with van der Waals surface area (Å²) in [5, 5.41) is 3.38. The summed E-state index contributed by atoms with van der Waals surface area (Å²) in [5.74, 6) is 0.131. The van der Waals surface area contributed by atoms with E-state index in [0.29, 0.717) is 6.04 Å². The van der Waals surface area contributed by atoms with E-state index < -0.39 is 0 Å². The smallest absolute Gasteiger partial charge is 0.255 e. The maximum absolute atomic E-state index is 12.7. The number of nitrogens with zero attached hydrogens (tertiary/aromatic N) is 1. The van der Waals surface area contributed by atoms with Gasteiger partial charge in [0.2, 0.25) is 0 Å². The van der Waals surface area contributed by atoms with Gasteiger partial charge in [0.15, 0.2) is 0 Å². The summed E-state index contributed by atoms with van der Waals surface area (Å²) in [6, 6.07) is 6.25. The van der Waals surface area contributed by atoms with Gasteiger partial charge < -0.3 is 10.2 Å². The summed E-state index contributed by atoms with van der Waals surface area (Å²) >= 11 is 3.49. The minimum absolute atomic E-state index is 0.131. The largest absolute Gasteiger partial charge is 0.335 e. The first kappa shape index (κ1) is 14.5. The van der Waals surface area contributed by atoms with Crippen LogP contribution in [0.3, 0.4) is 0 Å². The summed E-state index contributed by atoms with van der Waals surface area (Å²) in [6.45, 7) is 6.79. The van der Waals surface area contributed by atoms with Crippen molar-refractivity contribution >= 4 is 21.8 Å². The Morgan fingerprint density at radius 3 is 2.95 bits per heavy atom. The topological polar surface area (TPSA) is 32.3 Å². The van der Waals surface area contributed by atoms with Gasteiger partial charge >= 0.3 is 0 Å². The molecule has 1 aliphatic heterocycles. The molecule has 1 N–H and O–H groups in total. The quantitative estimate of drug-likeness (QED) is 0.927. The fraction of sp³-hybridized carbons (Fsp3) is 0.533. The lowest BCUT2D eigenvalue weighted by Crippen LogP contribution is -2.48. The van der Waals surface area contributed by atoms with Gasteiger partial charge in [-0.05, 0) is 61.3 Å². The second-order valence-corrected chi connectivity index (χ2v) is 5.93. The number of carbonyl (C=O) groups is 1. The average molecular weight is 325 g/mol. The molecular formula is C15H21BrN2O. The Morgan fingerprint density at radius 2 is 2.32 bits per heavy atom. The fourth-order valence-corrected chi connectivity index (χ4v) is 3.04. The van der Waals surface area contributed by atoms with Crippen molar-refractivity contribution in [2.45, 2.75) is 32.7 Å². The molecule has 1 saturated heterocycles. The van der Waals surface area contributed by atoms with Crippen molar-refractivity contribution in [3.63, 3.8) is 0 Å². The highest BCUT2D eigenvalue weighted by Gasteiger charge is 2.25. The molecule has 1 fully saturated rings. The number of hydrogen-bond acceptors (Lipinski definition) is 2. The van der Waals surface area contributed by atoms with Crippen molar-refractivity contribution < 1.29 is 4.79 Å². The van der Waals surface area contributed by atoms with Gasteiger partial charge in [-0.2, -0.15) is 0 Å². The highest BCUT2D eigenvalue weighted by molar-refractivity contribution is 9.10. The lowest BCUT2D eigenvalue weighted by atomic mass is 10.0. The highest BCUT2D eigenvalue weighted by atomic mass is 79.9. The summed E-state index contributed by atoms with van der Waals surface area (Å²) in [4.78, 5) is 14.7. The number of benzene rings is 1. The van der Waals surface area contributed by atoms with Crippen molar-refractivity contribution in [1.29, 1.82) is 0 Å². The van der Waals surface area contributed by atoms with Crippen molar-refractivity contribution in [1.82, 2.24) is 10.2 Å². The van der Waals surface area contributed by atoms with Crippen molar-refractivity contribution in [2.24, 2.45) is 0 Å². The van der Waals surface area contributed by atoms with Crippen LogP contribution >= 0.6 is 15.9 Å². The lowest BCUT2D eigenvalue weighted by Gasteiger charge is -2.34. The zero-order chi connectivity index (χ0) is 13.8. The highest BCUT2D eigenvalue weighted by Crippen LogP contribution is 2.22. The zero-order valence-electron chi connectivity index (χ0n) is 11.6. The number of likely N-dealkylation sites (N-methyl/N-ethyl adjacent to an activating group) is 1. The number of carbonyl (C=O) groups excluding carboxylic acids is 1. The molecule has 3 nitrogen and oxygen atoms in total. The van der Waals surface area contributed by atoms with E-state index in [2.05, 4.69) is 28.2 Å². The third-order valence-corrected chi connectivity index (χ3v) is 4.36. The summed E-state index contributed by atoms with van der Waals surface area (Å²) in [5.41, 5.74) is 1.89. The third-order valence-electron chi connectivity index (χ3n) is 3.67. The van der Waals surface area contributed by atoms with E-state index >= 15 is 0 Å². The summed E-state index contributed by atoms with van der Waals surface area (Å²) in [7, 11) is 0. The van der Waals surface area contributed by atoms with E-state index in [1.54, 1.807) is 0 Å². The minimum Gasteiger partial charge on any atom is -0.335 e. The molecule has 1 aromatic carbocycles. The normalized spacial score (nSPS) is 19.2. The molecule has 1 unspecified atom stereocenters. The van der Waals surface area contributed by atoms with Gasteiger partial charge in [0.1, 0.15) is 0 Å². The Kier molecular flexibility index (Phi) is 4.99. The second-order valence-electron chi connectivity index (χ2n) is 5.07. The van der Waals surface area contributed by atoms with Crippen LogP contribution in [-0.4, -0.2) is 36.5 Å². The molecule has 1 heterocycles. The molecule has 0 bridgehead atoms. The Hall–Kier alpha value is -0.870. The molecule has 0 aliphatic carbocycles. The van der Waals surface area contributed by atoms with E-state index in [1.165, 1.54) is 0 Å². The van der Waals surface area contributed by atoms with E-state index in [9.17, 15) is 4.79 Å². The van der Waals surface area contributed by atoms with Crippen LogP contribution in [0.2, 0.25) is 0 Å². The van der Waals surface area contributed by atoms with Crippen LogP contribution < -0.4 is 5.32 Å². The van der Waals surface area contributed by atoms with Crippen molar-refractivity contribution in [2.75, 3.05) is 19.6 Å². The monoisotopic (exact) mass is 324 g/mol. The maximum atomic E-state index is 12.7. The Morgan fingerprint density at radius 1 is 1.53 bits per heavy atom.